The number of aliphatic hydroxyl groups excluding tert-OH is 3. The van der Waals surface area contributed by atoms with Crippen LogP contribution in [0.25, 0.3) is 6.08 Å². The highest BCUT2D eigenvalue weighted by molar-refractivity contribution is 5.73. The summed E-state index contributed by atoms with van der Waals surface area (Å²) < 4.78 is 16.0. The molecule has 0 aromatic heterocycles. The number of carbonyl (C=O) groups excluding carboxylic acids is 2. The van der Waals surface area contributed by atoms with Crippen molar-refractivity contribution in [1.29, 1.82) is 0 Å². The van der Waals surface area contributed by atoms with Crippen molar-refractivity contribution in [2.24, 2.45) is 11.8 Å². The smallest absolute Gasteiger partial charge is 0.311 e. The summed E-state index contributed by atoms with van der Waals surface area (Å²) in [5.74, 6) is -0.312. The van der Waals surface area contributed by atoms with Gasteiger partial charge >= 0.3 is 11.9 Å². The highest BCUT2D eigenvalue weighted by atomic mass is 17.1. The number of hydrogen-bond donors (Lipinski definition) is 5. The van der Waals surface area contributed by atoms with E-state index in [0.29, 0.717) is 56.4 Å². The van der Waals surface area contributed by atoms with Crippen molar-refractivity contribution in [2.75, 3.05) is 20.3 Å². The molecule has 1 aliphatic carbocycles. The van der Waals surface area contributed by atoms with Gasteiger partial charge in [-0.3, -0.25) is 24.8 Å². The monoisotopic (exact) mass is 685 g/mol. The summed E-state index contributed by atoms with van der Waals surface area (Å²) in [5, 5.41) is 48.2. The molecule has 0 aliphatic heterocycles. The minimum atomic E-state index is -0.583. The maximum Gasteiger partial charge on any atom is 0.311 e. The molecule has 1 fully saturated rings. The van der Waals surface area contributed by atoms with Crippen LogP contribution in [0.15, 0.2) is 66.8 Å². The normalized spacial score (nSPS) is 19.9. The van der Waals surface area contributed by atoms with Crippen LogP contribution in [-0.4, -0.2) is 81.7 Å². The van der Waals surface area contributed by atoms with E-state index < -0.39 is 35.6 Å². The van der Waals surface area contributed by atoms with Gasteiger partial charge in [0, 0.05) is 12.8 Å². The van der Waals surface area contributed by atoms with Crippen LogP contribution in [0.3, 0.4) is 0 Å². The minimum absolute atomic E-state index is 0.0444. The predicted molar refractivity (Wildman–Crippen MR) is 180 cm³/mol. The Morgan fingerprint density at radius 2 is 1.67 bits per heavy atom. The van der Waals surface area contributed by atoms with Crippen LogP contribution in [0, 0.1) is 11.8 Å². The van der Waals surface area contributed by atoms with Crippen LogP contribution in [0.2, 0.25) is 0 Å². The van der Waals surface area contributed by atoms with Crippen LogP contribution >= 0.6 is 0 Å². The van der Waals surface area contributed by atoms with Gasteiger partial charge in [-0.25, -0.2) is 0 Å². The van der Waals surface area contributed by atoms with Gasteiger partial charge in [-0.2, -0.15) is 0 Å². The molecule has 0 unspecified atom stereocenters. The number of benzene rings is 2. The van der Waals surface area contributed by atoms with Gasteiger partial charge in [-0.1, -0.05) is 54.6 Å². The number of aryl methyl sites for hydroxylation is 1. The zero-order valence-electron chi connectivity index (χ0n) is 28.1. The Hall–Kier alpha value is -3.62. The lowest BCUT2D eigenvalue weighted by atomic mass is 9.85. The molecule has 0 radical (unpaired) electrons. The Morgan fingerprint density at radius 3 is 2.43 bits per heavy atom. The fourth-order valence-corrected chi connectivity index (χ4v) is 5.95. The SMILES string of the molecule is COc1cc(/C=C/COC(=O)CCCON(O)O)ccc1OC(=O)CCC/C=C\C[C@@H]1[C@@H](CC[C@@H](O)CCc2ccccc2)[C@H](O)C[C@@H]1O. The lowest BCUT2D eigenvalue weighted by Crippen LogP contribution is -2.23. The molecular weight excluding hydrogens is 634 g/mol. The van der Waals surface area contributed by atoms with E-state index in [-0.39, 0.29) is 44.3 Å². The Kier molecular flexibility index (Phi) is 18.0. The van der Waals surface area contributed by atoms with Gasteiger partial charge in [0.25, 0.3) is 0 Å². The van der Waals surface area contributed by atoms with E-state index in [1.165, 1.54) is 12.7 Å². The van der Waals surface area contributed by atoms with Crippen molar-refractivity contribution < 1.29 is 54.4 Å². The highest BCUT2D eigenvalue weighted by Gasteiger charge is 2.40. The first-order valence-electron chi connectivity index (χ1n) is 16.9. The molecular formula is C37H51NO11. The molecule has 5 N–H and O–H groups in total. The van der Waals surface area contributed by atoms with Crippen LogP contribution in [0.4, 0.5) is 0 Å². The molecule has 2 aromatic carbocycles. The van der Waals surface area contributed by atoms with Crippen LogP contribution in [0.1, 0.15) is 75.3 Å². The van der Waals surface area contributed by atoms with Gasteiger partial charge < -0.3 is 29.5 Å². The van der Waals surface area contributed by atoms with E-state index in [2.05, 4.69) is 17.0 Å². The van der Waals surface area contributed by atoms with Crippen molar-refractivity contribution in [1.82, 2.24) is 5.39 Å². The molecule has 270 valence electrons. The Bertz CT molecular complexity index is 1320. The zero-order chi connectivity index (χ0) is 35.4. The Morgan fingerprint density at radius 1 is 0.918 bits per heavy atom. The van der Waals surface area contributed by atoms with E-state index >= 15 is 0 Å². The number of allylic oxidation sites excluding steroid dienone is 2. The molecule has 0 heterocycles. The highest BCUT2D eigenvalue weighted by Crippen LogP contribution is 2.38. The van der Waals surface area contributed by atoms with E-state index in [4.69, 9.17) is 24.6 Å². The molecule has 5 atom stereocenters. The third kappa shape index (κ3) is 15.2. The fourth-order valence-electron chi connectivity index (χ4n) is 5.95. The number of esters is 2. The van der Waals surface area contributed by atoms with Gasteiger partial charge in [0.1, 0.15) is 6.61 Å². The first-order valence-corrected chi connectivity index (χ1v) is 16.9. The lowest BCUT2D eigenvalue weighted by molar-refractivity contribution is -0.492. The van der Waals surface area contributed by atoms with Crippen LogP contribution < -0.4 is 9.47 Å². The molecule has 0 amide bonds. The third-order valence-corrected chi connectivity index (χ3v) is 8.58. The Labute approximate surface area is 288 Å². The molecule has 0 saturated heterocycles. The first-order chi connectivity index (χ1) is 23.7. The second kappa shape index (κ2) is 22.2. The second-order valence-electron chi connectivity index (χ2n) is 12.2. The number of nitrogens with zero attached hydrogens (tertiary/aromatic N) is 1. The minimum Gasteiger partial charge on any atom is -0.493 e. The lowest BCUT2D eigenvalue weighted by Gasteiger charge is -2.23. The van der Waals surface area contributed by atoms with Gasteiger partial charge in [0.15, 0.2) is 11.5 Å². The fraction of sp³-hybridized carbons (Fsp3) is 0.514. The quantitative estimate of drug-likeness (QED) is 0.0361. The van der Waals surface area contributed by atoms with Gasteiger partial charge in [-0.05, 0) is 99.0 Å². The number of rotatable bonds is 22. The summed E-state index contributed by atoms with van der Waals surface area (Å²) in [4.78, 5) is 28.6. The summed E-state index contributed by atoms with van der Waals surface area (Å²) in [6, 6.07) is 15.1. The topological polar surface area (TPSA) is 175 Å². The van der Waals surface area contributed by atoms with Gasteiger partial charge in [0.05, 0.1) is 37.4 Å². The maximum absolute atomic E-state index is 12.5. The molecule has 1 saturated carbocycles. The summed E-state index contributed by atoms with van der Waals surface area (Å²) in [6.45, 7) is -0.00204. The zero-order valence-corrected chi connectivity index (χ0v) is 28.1. The van der Waals surface area contributed by atoms with E-state index in [1.54, 1.807) is 30.4 Å². The molecule has 12 heteroatoms. The molecule has 1 aliphatic rings. The number of hydrogen-bond acceptors (Lipinski definition) is 12. The van der Waals surface area contributed by atoms with Crippen molar-refractivity contribution in [3.05, 3.63) is 77.9 Å². The third-order valence-electron chi connectivity index (χ3n) is 8.58. The largest absolute Gasteiger partial charge is 0.493 e. The number of unbranched alkanes of at least 4 members (excludes halogenated alkanes) is 1. The van der Waals surface area contributed by atoms with E-state index in [9.17, 15) is 24.9 Å². The molecule has 12 nitrogen and oxygen atoms in total. The van der Waals surface area contributed by atoms with Crippen molar-refractivity contribution in [3.63, 3.8) is 0 Å². The molecule has 3 rings (SSSR count). The summed E-state index contributed by atoms with van der Waals surface area (Å²) in [5.41, 5.74) is 1.94. The first kappa shape index (κ1) is 39.8. The summed E-state index contributed by atoms with van der Waals surface area (Å²) in [6.07, 6.45) is 11.2. The van der Waals surface area contributed by atoms with Crippen LogP contribution in [-0.2, 0) is 25.6 Å². The van der Waals surface area contributed by atoms with Gasteiger partial charge in [-0.15, -0.1) is 0 Å². The van der Waals surface area contributed by atoms with Crippen molar-refractivity contribution in [3.8, 4) is 11.5 Å². The second-order valence-corrected chi connectivity index (χ2v) is 12.2. The summed E-state index contributed by atoms with van der Waals surface area (Å²) in [7, 11) is 1.47. The maximum atomic E-state index is 12.5. The summed E-state index contributed by atoms with van der Waals surface area (Å²) >= 11 is 0. The molecule has 0 spiro atoms. The van der Waals surface area contributed by atoms with Gasteiger partial charge in [0.2, 0.25) is 0 Å². The number of ether oxygens (including phenoxy) is 3. The van der Waals surface area contributed by atoms with E-state index in [0.717, 1.165) is 12.0 Å². The predicted octanol–water partition coefficient (Wildman–Crippen LogP) is 5.20. The van der Waals surface area contributed by atoms with Crippen molar-refractivity contribution in [2.45, 2.75) is 88.9 Å². The van der Waals surface area contributed by atoms with E-state index in [1.807, 2.05) is 30.4 Å². The molecule has 0 bridgehead atoms. The number of carbonyl (C=O) groups is 2. The number of methoxy groups -OCH3 is 1. The van der Waals surface area contributed by atoms with Crippen LogP contribution in [0.5, 0.6) is 11.5 Å². The molecule has 2 aromatic rings. The molecule has 49 heavy (non-hydrogen) atoms. The van der Waals surface area contributed by atoms with Crippen molar-refractivity contribution >= 4 is 18.0 Å². The average Bonchev–Trinajstić information content (AvgIpc) is 3.36. The Balaban J connectivity index is 1.34. The standard InChI is InChI=1S/C37H51NO11/c1-46-35-25-28(13-9-23-47-36(42)16-10-24-48-38(44)45)18-22-34(35)49-37(43)15-8-3-2-7-14-30-31(33(41)26-32(30)40)21-20-29(39)19-17-27-11-5-4-6-12-27/h2,4-7,9,11-13,18,22,25,29-33,39-41,44-45H,3,8,10,14-17,19-21,23-24,26H2,1H3/b7-2-,13-9+/t29-,30+,31+,32-,33+/m0/s1. The average molecular weight is 686 g/mol. The number of aliphatic hydroxyl groups is 3.